The Morgan fingerprint density at radius 1 is 1.33 bits per heavy atom. The first kappa shape index (κ1) is 19.0. The maximum Gasteiger partial charge on any atom is 0.416 e. The van der Waals surface area contributed by atoms with Crippen molar-refractivity contribution < 1.29 is 22.7 Å². The summed E-state index contributed by atoms with van der Waals surface area (Å²) in [6.45, 7) is 0. The van der Waals surface area contributed by atoms with Gasteiger partial charge in [-0.3, -0.25) is 5.73 Å². The highest BCUT2D eigenvalue weighted by Gasteiger charge is 2.47. The lowest BCUT2D eigenvalue weighted by molar-refractivity contribution is -0.138. The number of methoxy groups -OCH3 is 1. The van der Waals surface area contributed by atoms with Gasteiger partial charge in [-0.2, -0.15) is 18.3 Å². The van der Waals surface area contributed by atoms with Crippen LogP contribution in [0, 0.1) is 0 Å². The Bertz CT molecular complexity index is 744. The van der Waals surface area contributed by atoms with E-state index in [2.05, 4.69) is 15.0 Å². The van der Waals surface area contributed by atoms with Gasteiger partial charge in [0.25, 0.3) is 0 Å². The summed E-state index contributed by atoms with van der Waals surface area (Å²) < 4.78 is 43.2. The molecule has 0 amide bonds. The topological polar surface area (TPSA) is 77.0 Å². The third-order valence-electron chi connectivity index (χ3n) is 3.23. The predicted octanol–water partition coefficient (Wildman–Crippen LogP) is 4.34. The van der Waals surface area contributed by atoms with Crippen LogP contribution in [0.1, 0.15) is 11.1 Å². The molecule has 0 aliphatic carbocycles. The highest BCUT2D eigenvalue weighted by atomic mass is 35.5. The summed E-state index contributed by atoms with van der Waals surface area (Å²) in [6.07, 6.45) is -3.02. The molecule has 0 bridgehead atoms. The molecule has 5 nitrogen and oxygen atoms in total. The van der Waals surface area contributed by atoms with Gasteiger partial charge in [0, 0.05) is 5.56 Å². The van der Waals surface area contributed by atoms with Crippen LogP contribution in [0.25, 0.3) is 0 Å². The lowest BCUT2D eigenvalue weighted by atomic mass is 9.92. The second-order valence-electron chi connectivity index (χ2n) is 4.65. The van der Waals surface area contributed by atoms with E-state index in [4.69, 9.17) is 28.9 Å². The molecule has 0 saturated carbocycles. The molecular formula is C13H10Cl2F3N3O2S. The lowest BCUT2D eigenvalue weighted by Crippen LogP contribution is -2.39. The molecule has 2 N–H and O–H groups in total. The minimum Gasteiger partial charge on any atom is -0.465 e. The zero-order valence-corrected chi connectivity index (χ0v) is 14.6. The van der Waals surface area contributed by atoms with Crippen molar-refractivity contribution in [2.45, 2.75) is 11.8 Å². The zero-order chi connectivity index (χ0) is 18.3. The Morgan fingerprint density at radius 2 is 1.88 bits per heavy atom. The molecule has 0 fully saturated rings. The SMILES string of the molecule is COC(=O)C1=C(SC)N=NC1(N)c1c(Cl)cc(C(F)(F)F)cc1Cl. The van der Waals surface area contributed by atoms with Gasteiger partial charge < -0.3 is 4.74 Å². The van der Waals surface area contributed by atoms with Crippen molar-refractivity contribution in [3.8, 4) is 0 Å². The fraction of sp³-hybridized carbons (Fsp3) is 0.308. The second-order valence-corrected chi connectivity index (χ2v) is 6.26. The van der Waals surface area contributed by atoms with E-state index in [1.54, 1.807) is 6.26 Å². The van der Waals surface area contributed by atoms with Crippen molar-refractivity contribution in [1.29, 1.82) is 0 Å². The number of carbonyl (C=O) groups excluding carboxylic acids is 1. The Hall–Kier alpha value is -1.29. The first-order valence-corrected chi connectivity index (χ1v) is 8.20. The van der Waals surface area contributed by atoms with Crippen LogP contribution < -0.4 is 5.73 Å². The number of nitrogens with two attached hydrogens (primary N) is 1. The van der Waals surface area contributed by atoms with Gasteiger partial charge in [0.05, 0.1) is 22.7 Å². The molecule has 1 aliphatic rings. The molecular weight excluding hydrogens is 390 g/mol. The van der Waals surface area contributed by atoms with Gasteiger partial charge in [0.2, 0.25) is 0 Å². The Balaban J connectivity index is 2.69. The van der Waals surface area contributed by atoms with Gasteiger partial charge in [0.15, 0.2) is 5.66 Å². The first-order valence-electron chi connectivity index (χ1n) is 6.21. The molecule has 2 rings (SSSR count). The molecule has 1 aromatic carbocycles. The van der Waals surface area contributed by atoms with E-state index in [1.807, 2.05) is 0 Å². The van der Waals surface area contributed by atoms with Crippen molar-refractivity contribution in [3.05, 3.63) is 43.9 Å². The van der Waals surface area contributed by atoms with Gasteiger partial charge in [-0.1, -0.05) is 23.2 Å². The van der Waals surface area contributed by atoms with E-state index >= 15 is 0 Å². The van der Waals surface area contributed by atoms with Gasteiger partial charge in [0.1, 0.15) is 10.6 Å². The third-order valence-corrected chi connectivity index (χ3v) is 4.50. The van der Waals surface area contributed by atoms with Gasteiger partial charge in [-0.05, 0) is 18.4 Å². The highest BCUT2D eigenvalue weighted by molar-refractivity contribution is 8.02. The van der Waals surface area contributed by atoms with E-state index in [-0.39, 0.29) is 26.2 Å². The predicted molar refractivity (Wildman–Crippen MR) is 84.7 cm³/mol. The molecule has 1 aliphatic heterocycles. The van der Waals surface area contributed by atoms with Gasteiger partial charge in [-0.15, -0.1) is 16.9 Å². The molecule has 24 heavy (non-hydrogen) atoms. The molecule has 0 radical (unpaired) electrons. The second kappa shape index (κ2) is 6.55. The fourth-order valence-electron chi connectivity index (χ4n) is 2.15. The Kier molecular flexibility index (Phi) is 5.19. The number of rotatable bonds is 3. The van der Waals surface area contributed by atoms with Crippen LogP contribution in [-0.4, -0.2) is 19.3 Å². The monoisotopic (exact) mass is 399 g/mol. The maximum atomic E-state index is 12.9. The Labute approximate surface area is 149 Å². The van der Waals surface area contributed by atoms with Gasteiger partial charge >= 0.3 is 12.1 Å². The summed E-state index contributed by atoms with van der Waals surface area (Å²) in [7, 11) is 1.13. The van der Waals surface area contributed by atoms with E-state index in [1.165, 1.54) is 0 Å². The lowest BCUT2D eigenvalue weighted by Gasteiger charge is -2.25. The number of thioether (sulfide) groups is 1. The van der Waals surface area contributed by atoms with Crippen LogP contribution >= 0.6 is 35.0 Å². The van der Waals surface area contributed by atoms with Crippen molar-refractivity contribution in [2.24, 2.45) is 16.0 Å². The zero-order valence-electron chi connectivity index (χ0n) is 12.2. The Morgan fingerprint density at radius 3 is 2.29 bits per heavy atom. The number of ether oxygens (including phenoxy) is 1. The maximum absolute atomic E-state index is 12.9. The molecule has 130 valence electrons. The average Bonchev–Trinajstić information content (AvgIpc) is 2.82. The van der Waals surface area contributed by atoms with Crippen LogP contribution in [0.15, 0.2) is 33.0 Å². The van der Waals surface area contributed by atoms with Crippen LogP contribution in [0.2, 0.25) is 10.0 Å². The van der Waals surface area contributed by atoms with Crippen molar-refractivity contribution >= 4 is 40.9 Å². The summed E-state index contributed by atoms with van der Waals surface area (Å²) >= 11 is 13.0. The number of esters is 1. The number of benzene rings is 1. The van der Waals surface area contributed by atoms with E-state index in [0.29, 0.717) is 12.1 Å². The minimum absolute atomic E-state index is 0.152. The molecule has 0 saturated heterocycles. The standard InChI is InChI=1S/C13H10Cl2F3N3O2S/c1-23-11(22)9-10(24-2)20-21-12(9,19)8-6(14)3-5(4-7(8)15)13(16,17)18/h3-4H,19H2,1-2H3. The summed E-state index contributed by atoms with van der Waals surface area (Å²) in [5.41, 5.74) is 2.84. The number of azo groups is 1. The summed E-state index contributed by atoms with van der Waals surface area (Å²) in [6, 6.07) is 1.33. The van der Waals surface area contributed by atoms with Crippen molar-refractivity contribution in [2.75, 3.05) is 13.4 Å². The van der Waals surface area contributed by atoms with Crippen LogP contribution in [0.3, 0.4) is 0 Å². The highest BCUT2D eigenvalue weighted by Crippen LogP contribution is 2.47. The normalized spacial score (nSPS) is 20.7. The summed E-state index contributed by atoms with van der Waals surface area (Å²) in [5.74, 6) is -0.834. The first-order chi connectivity index (χ1) is 11.1. The molecule has 11 heteroatoms. The van der Waals surface area contributed by atoms with Gasteiger partial charge in [-0.25, -0.2) is 4.79 Å². The molecule has 0 spiro atoms. The largest absolute Gasteiger partial charge is 0.465 e. The number of hydrogen-bond acceptors (Lipinski definition) is 6. The number of halogens is 5. The minimum atomic E-state index is -4.64. The average molecular weight is 400 g/mol. The number of hydrogen-bond donors (Lipinski definition) is 1. The molecule has 1 unspecified atom stereocenters. The fourth-order valence-corrected chi connectivity index (χ4v) is 3.49. The molecule has 1 heterocycles. The van der Waals surface area contributed by atoms with Crippen molar-refractivity contribution in [3.63, 3.8) is 0 Å². The number of alkyl halides is 3. The number of nitrogens with zero attached hydrogens (tertiary/aromatic N) is 2. The summed E-state index contributed by atoms with van der Waals surface area (Å²) in [4.78, 5) is 12.1. The van der Waals surface area contributed by atoms with Crippen LogP contribution in [0.5, 0.6) is 0 Å². The summed E-state index contributed by atoms with van der Waals surface area (Å²) in [5, 5.41) is 6.99. The number of carbonyl (C=O) groups is 1. The van der Waals surface area contributed by atoms with E-state index in [9.17, 15) is 18.0 Å². The van der Waals surface area contributed by atoms with Crippen LogP contribution in [0.4, 0.5) is 13.2 Å². The van der Waals surface area contributed by atoms with Crippen LogP contribution in [-0.2, 0) is 21.4 Å². The van der Waals surface area contributed by atoms with E-state index in [0.717, 1.165) is 18.9 Å². The smallest absolute Gasteiger partial charge is 0.416 e. The molecule has 1 atom stereocenters. The van der Waals surface area contributed by atoms with Crippen molar-refractivity contribution in [1.82, 2.24) is 0 Å². The third kappa shape index (κ3) is 3.13. The molecule has 0 aromatic heterocycles. The quantitative estimate of drug-likeness (QED) is 0.766. The molecule has 1 aromatic rings. The van der Waals surface area contributed by atoms with E-state index < -0.39 is 23.4 Å².